The van der Waals surface area contributed by atoms with E-state index in [1.165, 1.54) is 0 Å². The summed E-state index contributed by atoms with van der Waals surface area (Å²) in [4.78, 5) is 0. The summed E-state index contributed by atoms with van der Waals surface area (Å²) in [5.74, 6) is 0. The molecule has 0 amide bonds. The largest absolute Gasteiger partial charge is 2.00 e. The standard InChI is InChI=1S/2ClH.Cu.Fe/h2*1H;;/q;;2*+2/p-2. The van der Waals surface area contributed by atoms with Crippen LogP contribution in [0.1, 0.15) is 0 Å². The van der Waals surface area contributed by atoms with Crippen molar-refractivity contribution >= 4 is 20.2 Å². The van der Waals surface area contributed by atoms with Gasteiger partial charge in [-0.15, -0.1) is 0 Å². The van der Waals surface area contributed by atoms with Gasteiger partial charge in [0.05, 0.1) is 0 Å². The van der Waals surface area contributed by atoms with Crippen molar-refractivity contribution in [3.8, 4) is 0 Å². The zero-order valence-electron chi connectivity index (χ0n) is 1.41. The molecule has 31 valence electrons. The molecular weight excluding hydrogens is 190 g/mol. The van der Waals surface area contributed by atoms with Crippen LogP contribution in [0.15, 0.2) is 0 Å². The Labute approximate surface area is 50.3 Å². The molecule has 0 atom stereocenters. The Kier molecular flexibility index (Phi) is 20.2. The average molecular weight is 190 g/mol. The molecule has 0 fully saturated rings. The van der Waals surface area contributed by atoms with E-state index in [-0.39, 0.29) is 17.1 Å². The molecule has 4 heavy (non-hydrogen) atoms. The van der Waals surface area contributed by atoms with Gasteiger partial charge < -0.3 is 0 Å². The van der Waals surface area contributed by atoms with Crippen molar-refractivity contribution in [1.82, 2.24) is 0 Å². The summed E-state index contributed by atoms with van der Waals surface area (Å²) >= 11 is 0.757. The molecule has 0 aromatic rings. The predicted octanol–water partition coefficient (Wildman–Crippen LogP) is 1.37. The van der Waals surface area contributed by atoms with Crippen molar-refractivity contribution in [2.24, 2.45) is 0 Å². The predicted molar refractivity (Wildman–Crippen MR) is 11.7 cm³/mol. The molecule has 0 aromatic carbocycles. The molecule has 0 saturated carbocycles. The molecule has 0 aliphatic rings. The van der Waals surface area contributed by atoms with Crippen LogP contribution in [0, 0.1) is 0 Å². The van der Waals surface area contributed by atoms with Crippen molar-refractivity contribution in [3.05, 3.63) is 0 Å². The maximum atomic E-state index is 4.67. The maximum Gasteiger partial charge on any atom is 2.00 e. The van der Waals surface area contributed by atoms with Crippen molar-refractivity contribution in [2.75, 3.05) is 0 Å². The summed E-state index contributed by atoms with van der Waals surface area (Å²) < 4.78 is 0. The first kappa shape index (κ1) is 9.15. The number of halogens is 2. The minimum Gasteiger partial charge on any atom is 2.00 e. The van der Waals surface area contributed by atoms with Crippen LogP contribution >= 0.6 is 20.2 Å². The fourth-order valence-corrected chi connectivity index (χ4v) is 0. The summed E-state index contributed by atoms with van der Waals surface area (Å²) in [6, 6.07) is 0. The van der Waals surface area contributed by atoms with Crippen LogP contribution in [-0.4, -0.2) is 0 Å². The molecule has 0 unspecified atom stereocenters. The van der Waals surface area contributed by atoms with Crippen LogP contribution < -0.4 is 0 Å². The summed E-state index contributed by atoms with van der Waals surface area (Å²) in [5.41, 5.74) is 0. The number of hydrogen-bond donors (Lipinski definition) is 0. The normalized spacial score (nSPS) is 5.50. The second kappa shape index (κ2) is 8.82. The molecular formula is Cl2CuFe+2. The minimum absolute atomic E-state index is 0. The molecule has 0 saturated heterocycles. The third-order valence-corrected chi connectivity index (χ3v) is 0. The molecule has 4 heteroatoms. The Morgan fingerprint density at radius 2 is 1.25 bits per heavy atom. The first-order chi connectivity index (χ1) is 1.41. The molecule has 0 heterocycles. The molecule has 0 aromatic heterocycles. The second-order valence-corrected chi connectivity index (χ2v) is 1.60. The summed E-state index contributed by atoms with van der Waals surface area (Å²) in [5, 5.41) is 0. The Morgan fingerprint density at radius 3 is 1.25 bits per heavy atom. The van der Waals surface area contributed by atoms with Gasteiger partial charge in [-0.1, -0.05) is 0 Å². The van der Waals surface area contributed by atoms with Crippen molar-refractivity contribution in [3.63, 3.8) is 0 Å². The van der Waals surface area contributed by atoms with Gasteiger partial charge in [-0.05, 0) is 0 Å². The Bertz CT molecular complexity index is 6.00. The zero-order chi connectivity index (χ0) is 2.71. The first-order valence-corrected chi connectivity index (χ1v) is 2.82. The number of rotatable bonds is 0. The third-order valence-electron chi connectivity index (χ3n) is 0. The molecule has 0 rings (SSSR count). The second-order valence-electron chi connectivity index (χ2n) is 0.0431. The smallest absolute Gasteiger partial charge is 2.00 e. The zero-order valence-corrected chi connectivity index (χ0v) is 4.97. The van der Waals surface area contributed by atoms with E-state index >= 15 is 0 Å². The third kappa shape index (κ3) is 9.47. The van der Waals surface area contributed by atoms with Gasteiger partial charge in [-0.2, -0.15) is 0 Å². The van der Waals surface area contributed by atoms with E-state index in [9.17, 15) is 0 Å². The van der Waals surface area contributed by atoms with Crippen LogP contribution in [0.5, 0.6) is 0 Å². The van der Waals surface area contributed by atoms with Crippen LogP contribution in [0.4, 0.5) is 0 Å². The van der Waals surface area contributed by atoms with Gasteiger partial charge in [0.25, 0.3) is 0 Å². The van der Waals surface area contributed by atoms with E-state index in [1.807, 2.05) is 0 Å². The quantitative estimate of drug-likeness (QED) is 0.506. The van der Waals surface area contributed by atoms with E-state index in [0.717, 1.165) is 13.1 Å². The van der Waals surface area contributed by atoms with Gasteiger partial charge in [0.1, 0.15) is 0 Å². The van der Waals surface area contributed by atoms with Crippen LogP contribution in [0.3, 0.4) is 0 Å². The van der Waals surface area contributed by atoms with E-state index in [0.29, 0.717) is 0 Å². The van der Waals surface area contributed by atoms with Crippen molar-refractivity contribution < 1.29 is 30.2 Å². The fourth-order valence-electron chi connectivity index (χ4n) is 0. The van der Waals surface area contributed by atoms with E-state index in [2.05, 4.69) is 20.2 Å². The number of hydrogen-bond acceptors (Lipinski definition) is 0. The SMILES string of the molecule is [Cl][Cu][Cl].[Fe+2]. The van der Waals surface area contributed by atoms with Crippen LogP contribution in [0.25, 0.3) is 0 Å². The molecule has 0 nitrogen and oxygen atoms in total. The molecule has 0 N–H and O–H groups in total. The Balaban J connectivity index is 0. The molecule has 0 aliphatic heterocycles. The fraction of sp³-hybridized carbons (Fsp3) is 0. The summed E-state index contributed by atoms with van der Waals surface area (Å²) in [7, 11) is 9.34. The topological polar surface area (TPSA) is 0 Å². The van der Waals surface area contributed by atoms with Gasteiger partial charge in [0.15, 0.2) is 0 Å². The van der Waals surface area contributed by atoms with Gasteiger partial charge in [-0.25, -0.2) is 0 Å². The van der Waals surface area contributed by atoms with Gasteiger partial charge in [0.2, 0.25) is 0 Å². The average Bonchev–Trinajstić information content (AvgIpc) is 0.918. The Hall–Kier alpha value is 1.62. The Morgan fingerprint density at radius 1 is 1.25 bits per heavy atom. The molecule has 0 spiro atoms. The molecule has 0 radical (unpaired) electrons. The van der Waals surface area contributed by atoms with Crippen molar-refractivity contribution in [2.45, 2.75) is 0 Å². The summed E-state index contributed by atoms with van der Waals surface area (Å²) in [6.45, 7) is 0. The summed E-state index contributed by atoms with van der Waals surface area (Å²) in [6.07, 6.45) is 0. The first-order valence-electron chi connectivity index (χ1n) is 0.228. The molecule has 0 bridgehead atoms. The van der Waals surface area contributed by atoms with Crippen LogP contribution in [-0.2, 0) is 30.2 Å². The van der Waals surface area contributed by atoms with E-state index in [4.69, 9.17) is 0 Å². The van der Waals surface area contributed by atoms with Gasteiger partial charge in [0, 0.05) is 0 Å². The van der Waals surface area contributed by atoms with E-state index in [1.54, 1.807) is 0 Å². The van der Waals surface area contributed by atoms with Crippen molar-refractivity contribution in [1.29, 1.82) is 0 Å². The monoisotopic (exact) mass is 189 g/mol. The minimum atomic E-state index is 0. The van der Waals surface area contributed by atoms with Gasteiger partial charge in [-0.3, -0.25) is 0 Å². The van der Waals surface area contributed by atoms with E-state index < -0.39 is 0 Å². The molecule has 0 aliphatic carbocycles. The maximum absolute atomic E-state index is 4.67. The van der Waals surface area contributed by atoms with Crippen LogP contribution in [0.2, 0.25) is 0 Å². The van der Waals surface area contributed by atoms with Gasteiger partial charge >= 0.3 is 50.4 Å².